The molecule has 1 saturated heterocycles. The maximum Gasteiger partial charge on any atom is 0.246 e. The van der Waals surface area contributed by atoms with Gasteiger partial charge in [0.05, 0.1) is 6.04 Å². The van der Waals surface area contributed by atoms with Crippen LogP contribution in [0.1, 0.15) is 36.1 Å². The van der Waals surface area contributed by atoms with E-state index >= 15 is 0 Å². The van der Waals surface area contributed by atoms with Gasteiger partial charge in [0.25, 0.3) is 0 Å². The topological polar surface area (TPSA) is 61.6 Å². The van der Waals surface area contributed by atoms with Crippen molar-refractivity contribution < 1.29 is 4.79 Å². The van der Waals surface area contributed by atoms with Gasteiger partial charge in [0.2, 0.25) is 5.91 Å². The van der Waals surface area contributed by atoms with Gasteiger partial charge in [0.1, 0.15) is 5.54 Å². The lowest BCUT2D eigenvalue weighted by atomic mass is 9.80. The molecule has 2 atom stereocenters. The summed E-state index contributed by atoms with van der Waals surface area (Å²) in [5.41, 5.74) is 9.32. The van der Waals surface area contributed by atoms with Crippen molar-refractivity contribution in [3.8, 4) is 0 Å². The van der Waals surface area contributed by atoms with E-state index in [0.29, 0.717) is 0 Å². The molecule has 0 spiro atoms. The molecule has 1 heterocycles. The van der Waals surface area contributed by atoms with Crippen LogP contribution >= 0.6 is 0 Å². The van der Waals surface area contributed by atoms with E-state index < -0.39 is 5.54 Å². The van der Waals surface area contributed by atoms with Crippen molar-refractivity contribution in [2.24, 2.45) is 5.73 Å². The van der Waals surface area contributed by atoms with E-state index in [1.54, 1.807) is 7.05 Å². The van der Waals surface area contributed by atoms with Crippen molar-refractivity contribution in [2.75, 3.05) is 33.2 Å². The number of nitrogens with one attached hydrogen (secondary N) is 1. The third-order valence-electron chi connectivity index (χ3n) is 7.15. The number of carbonyl (C=O) groups is 1. The monoisotopic (exact) mass is 456 g/mol. The highest BCUT2D eigenvalue weighted by Crippen LogP contribution is 2.33. The van der Waals surface area contributed by atoms with Gasteiger partial charge in [-0.1, -0.05) is 97.9 Å². The Kier molecular flexibility index (Phi) is 7.78. The number of rotatable bonds is 8. The number of nitrogens with zero attached hydrogens (tertiary/aromatic N) is 2. The Morgan fingerprint density at radius 2 is 1.26 bits per heavy atom. The molecule has 1 aliphatic heterocycles. The number of amides is 1. The van der Waals surface area contributed by atoms with Crippen LogP contribution in [-0.4, -0.2) is 55.0 Å². The van der Waals surface area contributed by atoms with Crippen LogP contribution < -0.4 is 11.1 Å². The second kappa shape index (κ2) is 11.0. The maximum absolute atomic E-state index is 13.1. The Balaban J connectivity index is 1.58. The van der Waals surface area contributed by atoms with Crippen molar-refractivity contribution in [1.29, 1.82) is 0 Å². The van der Waals surface area contributed by atoms with Crippen LogP contribution in [-0.2, 0) is 10.3 Å². The zero-order valence-corrected chi connectivity index (χ0v) is 20.2. The van der Waals surface area contributed by atoms with Crippen LogP contribution in [0.15, 0.2) is 91.0 Å². The number of hydrogen-bond donors (Lipinski definition) is 2. The average Bonchev–Trinajstić information content (AvgIpc) is 2.91. The van der Waals surface area contributed by atoms with E-state index in [2.05, 4.69) is 82.7 Å². The maximum atomic E-state index is 13.1. The van der Waals surface area contributed by atoms with Gasteiger partial charge in [-0.2, -0.15) is 0 Å². The summed E-state index contributed by atoms with van der Waals surface area (Å²) in [6, 6.07) is 31.4. The van der Waals surface area contributed by atoms with Gasteiger partial charge in [-0.15, -0.1) is 0 Å². The molecule has 2 unspecified atom stereocenters. The number of carbonyl (C=O) groups excluding carboxylic acids is 1. The van der Waals surface area contributed by atoms with Crippen molar-refractivity contribution in [2.45, 2.75) is 31.0 Å². The second-order valence-corrected chi connectivity index (χ2v) is 9.03. The molecule has 3 aromatic rings. The lowest BCUT2D eigenvalue weighted by molar-refractivity contribution is -0.129. The van der Waals surface area contributed by atoms with Gasteiger partial charge >= 0.3 is 0 Å². The normalized spacial score (nSPS) is 17.8. The van der Waals surface area contributed by atoms with Crippen LogP contribution in [0.3, 0.4) is 0 Å². The van der Waals surface area contributed by atoms with E-state index in [9.17, 15) is 4.79 Å². The summed E-state index contributed by atoms with van der Waals surface area (Å²) >= 11 is 0. The zero-order valence-electron chi connectivity index (χ0n) is 20.2. The van der Waals surface area contributed by atoms with Gasteiger partial charge in [0.15, 0.2) is 0 Å². The molecule has 34 heavy (non-hydrogen) atoms. The molecule has 0 radical (unpaired) electrons. The molecule has 0 bridgehead atoms. The molecule has 3 N–H and O–H groups in total. The van der Waals surface area contributed by atoms with Gasteiger partial charge in [-0.3, -0.25) is 14.6 Å². The molecule has 3 aromatic carbocycles. The summed E-state index contributed by atoms with van der Waals surface area (Å²) in [6.07, 6.45) is 0.791. The molecule has 1 fully saturated rings. The minimum Gasteiger partial charge on any atom is -0.357 e. The Morgan fingerprint density at radius 1 is 0.824 bits per heavy atom. The Labute approximate surface area is 203 Å². The van der Waals surface area contributed by atoms with Gasteiger partial charge in [0, 0.05) is 39.3 Å². The number of benzene rings is 3. The summed E-state index contributed by atoms with van der Waals surface area (Å²) in [7, 11) is 1.67. The minimum absolute atomic E-state index is 0.0936. The fraction of sp³-hybridized carbons (Fsp3) is 0.345. The zero-order chi connectivity index (χ0) is 24.0. The largest absolute Gasteiger partial charge is 0.357 e. The average molecular weight is 457 g/mol. The van der Waals surface area contributed by atoms with E-state index in [-0.39, 0.29) is 18.0 Å². The predicted octanol–water partition coefficient (Wildman–Crippen LogP) is 3.77. The summed E-state index contributed by atoms with van der Waals surface area (Å²) in [5.74, 6) is -0.139. The smallest absolute Gasteiger partial charge is 0.246 e. The van der Waals surface area contributed by atoms with Gasteiger partial charge in [-0.25, -0.2) is 0 Å². The molecule has 4 rings (SSSR count). The minimum atomic E-state index is -1.11. The van der Waals surface area contributed by atoms with Crippen LogP contribution in [0.4, 0.5) is 0 Å². The van der Waals surface area contributed by atoms with Gasteiger partial charge < -0.3 is 11.1 Å². The lowest BCUT2D eigenvalue weighted by Crippen LogP contribution is -2.65. The molecule has 1 aliphatic rings. The van der Waals surface area contributed by atoms with Crippen molar-refractivity contribution >= 4 is 5.91 Å². The van der Waals surface area contributed by atoms with Crippen LogP contribution in [0, 0.1) is 0 Å². The van der Waals surface area contributed by atoms with E-state index in [1.165, 1.54) is 11.1 Å². The fourth-order valence-electron chi connectivity index (χ4n) is 5.46. The van der Waals surface area contributed by atoms with E-state index in [1.807, 2.05) is 30.3 Å². The van der Waals surface area contributed by atoms with Crippen LogP contribution in [0.2, 0.25) is 0 Å². The highest BCUT2D eigenvalue weighted by molar-refractivity contribution is 5.88. The fourth-order valence-corrected chi connectivity index (χ4v) is 5.46. The van der Waals surface area contributed by atoms with E-state index in [0.717, 1.165) is 38.2 Å². The Hall–Kier alpha value is -2.99. The van der Waals surface area contributed by atoms with Crippen LogP contribution in [0.25, 0.3) is 0 Å². The van der Waals surface area contributed by atoms with Crippen molar-refractivity contribution in [1.82, 2.24) is 15.1 Å². The number of nitrogens with two attached hydrogens (primary N) is 1. The van der Waals surface area contributed by atoms with Crippen molar-refractivity contribution in [3.63, 3.8) is 0 Å². The number of piperazine rings is 1. The molecule has 5 nitrogen and oxygen atoms in total. The summed E-state index contributed by atoms with van der Waals surface area (Å²) in [5, 5.41) is 2.83. The van der Waals surface area contributed by atoms with E-state index in [4.69, 9.17) is 5.73 Å². The second-order valence-electron chi connectivity index (χ2n) is 9.03. The number of hydrogen-bond acceptors (Lipinski definition) is 4. The highest BCUT2D eigenvalue weighted by atomic mass is 16.2. The molecule has 5 heteroatoms. The Bertz CT molecular complexity index is 996. The predicted molar refractivity (Wildman–Crippen MR) is 138 cm³/mol. The van der Waals surface area contributed by atoms with Crippen molar-refractivity contribution in [3.05, 3.63) is 108 Å². The van der Waals surface area contributed by atoms with Crippen LogP contribution in [0.5, 0.6) is 0 Å². The third kappa shape index (κ3) is 4.78. The molecule has 0 saturated carbocycles. The first-order valence-corrected chi connectivity index (χ1v) is 12.2. The summed E-state index contributed by atoms with van der Waals surface area (Å²) in [4.78, 5) is 18.1. The Morgan fingerprint density at radius 3 is 1.71 bits per heavy atom. The molecule has 0 aliphatic carbocycles. The third-order valence-corrected chi connectivity index (χ3v) is 7.15. The number of likely N-dealkylation sites (N-methyl/N-ethyl adjacent to an activating group) is 1. The molecular formula is C29H36N4O. The SMILES string of the molecule is CCC(N1CCN(C(c2ccccc2)c2ccccc2)CC1)C(N)(C(=O)NC)c1ccccc1. The first-order chi connectivity index (χ1) is 16.6. The first-order valence-electron chi connectivity index (χ1n) is 12.2. The molecule has 0 aromatic heterocycles. The first kappa shape index (κ1) is 24.1. The summed E-state index contributed by atoms with van der Waals surface area (Å²) in [6.45, 7) is 5.66. The lowest BCUT2D eigenvalue weighted by Gasteiger charge is -2.47. The summed E-state index contributed by atoms with van der Waals surface area (Å²) < 4.78 is 0. The quantitative estimate of drug-likeness (QED) is 0.542. The molecular weight excluding hydrogens is 420 g/mol. The highest BCUT2D eigenvalue weighted by Gasteiger charge is 2.46. The molecule has 178 valence electrons. The van der Waals surface area contributed by atoms with Gasteiger partial charge in [-0.05, 0) is 23.1 Å². The molecule has 1 amide bonds. The standard InChI is InChI=1S/C29H36N4O/c1-3-26(29(30,28(34)31-2)25-17-11-6-12-18-25)32-19-21-33(22-20-32)27(23-13-7-4-8-14-23)24-15-9-5-10-16-24/h4-18,26-27H,3,19-22,30H2,1-2H3,(H,31,34).